The van der Waals surface area contributed by atoms with Gasteiger partial charge in [-0.15, -0.1) is 0 Å². The van der Waals surface area contributed by atoms with Crippen LogP contribution in [0.1, 0.15) is 26.3 Å². The molecule has 0 spiro atoms. The van der Waals surface area contributed by atoms with E-state index in [1.54, 1.807) is 32.9 Å². The molecule has 1 aromatic carbocycles. The van der Waals surface area contributed by atoms with Crippen molar-refractivity contribution in [1.82, 2.24) is 0 Å². The topological polar surface area (TPSA) is 98.9 Å². The lowest BCUT2D eigenvalue weighted by Gasteiger charge is -2.34. The van der Waals surface area contributed by atoms with Crippen LogP contribution in [0, 0.1) is 5.92 Å². The number of carboxylic acid groups (broad SMARTS) is 1. The smallest absolute Gasteiger partial charge is 0.325 e. The number of carboxylic acids is 1. The van der Waals surface area contributed by atoms with Gasteiger partial charge in [-0.2, -0.15) is 0 Å². The highest BCUT2D eigenvalue weighted by Crippen LogP contribution is 2.34. The van der Waals surface area contributed by atoms with Gasteiger partial charge < -0.3 is 14.6 Å². The number of methoxy groups -OCH3 is 1. The molecule has 122 valence electrons. The number of rotatable bonds is 5. The van der Waals surface area contributed by atoms with Gasteiger partial charge in [0.15, 0.2) is 5.72 Å². The first-order valence-electron chi connectivity index (χ1n) is 6.57. The minimum atomic E-state index is -1.95. The van der Waals surface area contributed by atoms with Crippen molar-refractivity contribution in [1.29, 1.82) is 0 Å². The van der Waals surface area contributed by atoms with Gasteiger partial charge in [0.1, 0.15) is 5.60 Å². The summed E-state index contributed by atoms with van der Waals surface area (Å²) in [6, 6.07) is 6.32. The highest BCUT2D eigenvalue weighted by atomic mass is 35.5. The fourth-order valence-electron chi connectivity index (χ4n) is 1.98. The average Bonchev–Trinajstić information content (AvgIpc) is 2.36. The molecule has 1 aromatic rings. The second-order valence-electron chi connectivity index (χ2n) is 5.78. The van der Waals surface area contributed by atoms with Crippen molar-refractivity contribution >= 4 is 23.5 Å². The number of halogens is 1. The molecule has 1 rings (SSSR count). The van der Waals surface area contributed by atoms with Crippen LogP contribution < -0.4 is 5.73 Å². The first-order chi connectivity index (χ1) is 10.0. The molecule has 0 heterocycles. The Morgan fingerprint density at radius 3 is 2.23 bits per heavy atom. The largest absolute Gasteiger partial charge is 0.480 e. The molecule has 0 aliphatic heterocycles. The lowest BCUT2D eigenvalue weighted by atomic mass is 9.89. The molecule has 2 atom stereocenters. The molecule has 22 heavy (non-hydrogen) atoms. The molecule has 0 radical (unpaired) electrons. The SMILES string of the molecule is COC(N)(c1ccccc1Cl)C(C(=O)O)C(=O)OC(C)(C)C. The zero-order valence-electron chi connectivity index (χ0n) is 12.9. The molecule has 2 unspecified atom stereocenters. The van der Waals surface area contributed by atoms with Crippen molar-refractivity contribution in [2.24, 2.45) is 11.7 Å². The normalized spacial score (nSPS) is 15.7. The van der Waals surface area contributed by atoms with Gasteiger partial charge in [0.25, 0.3) is 0 Å². The summed E-state index contributed by atoms with van der Waals surface area (Å²) in [6.45, 7) is 4.89. The standard InChI is InChI=1S/C15H20ClNO5/c1-14(2,3)22-13(20)11(12(18)19)15(17,21-4)9-7-5-6-8-10(9)16/h5-8,11H,17H2,1-4H3,(H,18,19). The lowest BCUT2D eigenvalue weighted by molar-refractivity contribution is -0.183. The Kier molecular flexibility index (Phi) is 5.56. The van der Waals surface area contributed by atoms with E-state index in [9.17, 15) is 14.7 Å². The zero-order chi connectivity index (χ0) is 17.1. The van der Waals surface area contributed by atoms with Crippen molar-refractivity contribution in [3.8, 4) is 0 Å². The second-order valence-corrected chi connectivity index (χ2v) is 6.19. The minimum Gasteiger partial charge on any atom is -0.480 e. The van der Waals surface area contributed by atoms with Crippen molar-refractivity contribution in [2.75, 3.05) is 7.11 Å². The van der Waals surface area contributed by atoms with Crippen LogP contribution in [0.4, 0.5) is 0 Å². The van der Waals surface area contributed by atoms with Gasteiger partial charge in [-0.25, -0.2) is 0 Å². The van der Waals surface area contributed by atoms with E-state index in [4.69, 9.17) is 26.8 Å². The van der Waals surface area contributed by atoms with Gasteiger partial charge in [-0.05, 0) is 26.8 Å². The van der Waals surface area contributed by atoms with Crippen LogP contribution in [-0.2, 0) is 24.8 Å². The van der Waals surface area contributed by atoms with Crippen LogP contribution in [0.3, 0.4) is 0 Å². The maximum absolute atomic E-state index is 12.3. The highest BCUT2D eigenvalue weighted by Gasteiger charge is 2.50. The number of benzene rings is 1. The number of aliphatic carboxylic acids is 1. The Balaban J connectivity index is 3.35. The van der Waals surface area contributed by atoms with Gasteiger partial charge in [-0.1, -0.05) is 29.8 Å². The molecule has 3 N–H and O–H groups in total. The molecule has 0 saturated carbocycles. The van der Waals surface area contributed by atoms with Crippen LogP contribution in [0.2, 0.25) is 5.02 Å². The molecule has 0 aliphatic rings. The molecule has 0 amide bonds. The summed E-state index contributed by atoms with van der Waals surface area (Å²) in [5.74, 6) is -4.22. The van der Waals surface area contributed by atoms with Gasteiger partial charge >= 0.3 is 11.9 Å². The van der Waals surface area contributed by atoms with Crippen LogP contribution in [0.15, 0.2) is 24.3 Å². The third-order valence-electron chi connectivity index (χ3n) is 2.95. The average molecular weight is 330 g/mol. The monoisotopic (exact) mass is 329 g/mol. The van der Waals surface area contributed by atoms with E-state index >= 15 is 0 Å². The maximum Gasteiger partial charge on any atom is 0.325 e. The first kappa shape index (κ1) is 18.4. The molecule has 0 saturated heterocycles. The Bertz CT molecular complexity index is 569. The minimum absolute atomic E-state index is 0.192. The summed E-state index contributed by atoms with van der Waals surface area (Å²) in [4.78, 5) is 23.9. The molecule has 0 aromatic heterocycles. The lowest BCUT2D eigenvalue weighted by Crippen LogP contribution is -2.54. The second kappa shape index (κ2) is 6.64. The molecular formula is C15H20ClNO5. The third-order valence-corrected chi connectivity index (χ3v) is 3.28. The van der Waals surface area contributed by atoms with Crippen LogP contribution in [0.5, 0.6) is 0 Å². The fraction of sp³-hybridized carbons (Fsp3) is 0.467. The summed E-state index contributed by atoms with van der Waals surface area (Å²) in [6.07, 6.45) is 0. The van der Waals surface area contributed by atoms with Crippen LogP contribution in [-0.4, -0.2) is 29.8 Å². The zero-order valence-corrected chi connectivity index (χ0v) is 13.7. The van der Waals surface area contributed by atoms with E-state index in [2.05, 4.69) is 0 Å². The Hall–Kier alpha value is -1.63. The molecule has 6 nitrogen and oxygen atoms in total. The summed E-state index contributed by atoms with van der Waals surface area (Å²) >= 11 is 6.07. The summed E-state index contributed by atoms with van der Waals surface area (Å²) in [5, 5.41) is 9.65. The van der Waals surface area contributed by atoms with E-state index < -0.39 is 29.2 Å². The van der Waals surface area contributed by atoms with E-state index in [0.717, 1.165) is 0 Å². The number of ether oxygens (including phenoxy) is 2. The number of esters is 1. The van der Waals surface area contributed by atoms with Gasteiger partial charge in [0, 0.05) is 17.7 Å². The third kappa shape index (κ3) is 3.97. The number of hydrogen-bond donors (Lipinski definition) is 2. The van der Waals surface area contributed by atoms with E-state index in [1.165, 1.54) is 19.2 Å². The quantitative estimate of drug-likeness (QED) is 0.488. The molecule has 7 heteroatoms. The maximum atomic E-state index is 12.3. The fourth-order valence-corrected chi connectivity index (χ4v) is 2.26. The van der Waals surface area contributed by atoms with Crippen molar-refractivity contribution in [3.05, 3.63) is 34.9 Å². The summed E-state index contributed by atoms with van der Waals surface area (Å²) in [5.41, 5.74) is 3.48. The molecular weight excluding hydrogens is 310 g/mol. The van der Waals surface area contributed by atoms with Gasteiger partial charge in [-0.3, -0.25) is 15.3 Å². The van der Waals surface area contributed by atoms with Crippen LogP contribution >= 0.6 is 11.6 Å². The molecule has 0 bridgehead atoms. The predicted octanol–water partition coefficient (Wildman–Crippen LogP) is 2.14. The Morgan fingerprint density at radius 2 is 1.82 bits per heavy atom. The number of carbonyl (C=O) groups excluding carboxylic acids is 1. The summed E-state index contributed by atoms with van der Waals surface area (Å²) in [7, 11) is 1.21. The van der Waals surface area contributed by atoms with Gasteiger partial charge in [0.2, 0.25) is 5.92 Å². The van der Waals surface area contributed by atoms with Crippen molar-refractivity contribution in [3.63, 3.8) is 0 Å². The van der Waals surface area contributed by atoms with Crippen molar-refractivity contribution in [2.45, 2.75) is 32.1 Å². The van der Waals surface area contributed by atoms with Gasteiger partial charge in [0.05, 0.1) is 0 Å². The Labute approximate surface area is 134 Å². The van der Waals surface area contributed by atoms with Crippen LogP contribution in [0.25, 0.3) is 0 Å². The Morgan fingerprint density at radius 1 is 1.27 bits per heavy atom. The summed E-state index contributed by atoms with van der Waals surface area (Å²) < 4.78 is 10.3. The van der Waals surface area contributed by atoms with E-state index in [1.807, 2.05) is 0 Å². The number of carbonyl (C=O) groups is 2. The number of nitrogens with two attached hydrogens (primary N) is 1. The predicted molar refractivity (Wildman–Crippen MR) is 81.3 cm³/mol. The highest BCUT2D eigenvalue weighted by molar-refractivity contribution is 6.31. The first-order valence-corrected chi connectivity index (χ1v) is 6.95. The number of hydrogen-bond acceptors (Lipinski definition) is 5. The molecule has 0 fully saturated rings. The van der Waals surface area contributed by atoms with E-state index in [-0.39, 0.29) is 10.6 Å². The molecule has 0 aliphatic carbocycles. The van der Waals surface area contributed by atoms with E-state index in [0.29, 0.717) is 0 Å². The van der Waals surface area contributed by atoms with Crippen molar-refractivity contribution < 1.29 is 24.2 Å².